The first-order valence-electron chi connectivity index (χ1n) is 8.02. The number of halogens is 1. The maximum absolute atomic E-state index is 11.4. The summed E-state index contributed by atoms with van der Waals surface area (Å²) in [5.41, 5.74) is 1.68. The second-order valence-corrected chi connectivity index (χ2v) is 5.56. The lowest BCUT2D eigenvalue weighted by Gasteiger charge is -2.20. The summed E-state index contributed by atoms with van der Waals surface area (Å²) in [7, 11) is 1.38. The van der Waals surface area contributed by atoms with Gasteiger partial charge >= 0.3 is 5.97 Å². The van der Waals surface area contributed by atoms with Gasteiger partial charge in [-0.2, -0.15) is 0 Å². The maximum Gasteiger partial charge on any atom is 0.337 e. The van der Waals surface area contributed by atoms with Gasteiger partial charge in [0.1, 0.15) is 0 Å². The van der Waals surface area contributed by atoms with Crippen LogP contribution >= 0.6 is 24.0 Å². The predicted octanol–water partition coefficient (Wildman–Crippen LogP) is 1.67. The van der Waals surface area contributed by atoms with E-state index < -0.39 is 0 Å². The Morgan fingerprint density at radius 1 is 1.42 bits per heavy atom. The highest BCUT2D eigenvalue weighted by molar-refractivity contribution is 14.0. The third-order valence-electron chi connectivity index (χ3n) is 3.83. The fourth-order valence-electron chi connectivity index (χ4n) is 2.58. The van der Waals surface area contributed by atoms with Crippen molar-refractivity contribution in [1.82, 2.24) is 10.2 Å². The quantitative estimate of drug-likeness (QED) is 0.311. The van der Waals surface area contributed by atoms with Gasteiger partial charge in [-0.15, -0.1) is 24.0 Å². The van der Waals surface area contributed by atoms with Gasteiger partial charge in [0, 0.05) is 26.2 Å². The van der Waals surface area contributed by atoms with Crippen LogP contribution in [0.5, 0.6) is 0 Å². The van der Waals surface area contributed by atoms with Gasteiger partial charge in [0.25, 0.3) is 0 Å². The van der Waals surface area contributed by atoms with Gasteiger partial charge in [-0.25, -0.2) is 4.79 Å². The molecule has 1 fully saturated rings. The van der Waals surface area contributed by atoms with Crippen LogP contribution in [-0.4, -0.2) is 61.3 Å². The number of hydrogen-bond donors (Lipinski definition) is 2. The SMILES string of the molecule is CCNC(=NCCc1ccc(C(=O)OC)cc1)N1CC[C@@H](O)C1.I. The Labute approximate surface area is 160 Å². The molecule has 1 aliphatic rings. The average molecular weight is 447 g/mol. The number of aliphatic imine (C=N–C) groups is 1. The molecule has 1 aromatic carbocycles. The average Bonchev–Trinajstić information content (AvgIpc) is 3.00. The minimum atomic E-state index is -0.323. The van der Waals surface area contributed by atoms with E-state index in [-0.39, 0.29) is 36.0 Å². The highest BCUT2D eigenvalue weighted by Crippen LogP contribution is 2.10. The Balaban J connectivity index is 0.00000288. The van der Waals surface area contributed by atoms with E-state index in [1.807, 2.05) is 19.1 Å². The van der Waals surface area contributed by atoms with E-state index in [2.05, 4.69) is 19.9 Å². The lowest BCUT2D eigenvalue weighted by Crippen LogP contribution is -2.40. The number of carbonyl (C=O) groups is 1. The van der Waals surface area contributed by atoms with Crippen molar-refractivity contribution in [2.24, 2.45) is 4.99 Å². The molecule has 0 radical (unpaired) electrons. The second kappa shape index (κ2) is 10.5. The van der Waals surface area contributed by atoms with Gasteiger partial charge < -0.3 is 20.1 Å². The van der Waals surface area contributed by atoms with Gasteiger partial charge in [0.15, 0.2) is 5.96 Å². The fraction of sp³-hybridized carbons (Fsp3) is 0.529. The van der Waals surface area contributed by atoms with E-state index in [4.69, 9.17) is 0 Å². The van der Waals surface area contributed by atoms with Crippen molar-refractivity contribution in [1.29, 1.82) is 0 Å². The molecule has 0 aromatic heterocycles. The van der Waals surface area contributed by atoms with Gasteiger partial charge in [0.2, 0.25) is 0 Å². The van der Waals surface area contributed by atoms with Crippen LogP contribution < -0.4 is 5.32 Å². The first-order chi connectivity index (χ1) is 11.1. The monoisotopic (exact) mass is 447 g/mol. The summed E-state index contributed by atoms with van der Waals surface area (Å²) in [5.74, 6) is 0.534. The van der Waals surface area contributed by atoms with E-state index in [9.17, 15) is 9.90 Å². The van der Waals surface area contributed by atoms with Crippen molar-refractivity contribution >= 4 is 35.9 Å². The van der Waals surface area contributed by atoms with Crippen molar-refractivity contribution in [2.75, 3.05) is 33.3 Å². The first kappa shape index (κ1) is 20.7. The van der Waals surface area contributed by atoms with Crippen molar-refractivity contribution in [3.05, 3.63) is 35.4 Å². The molecule has 0 amide bonds. The van der Waals surface area contributed by atoms with Crippen molar-refractivity contribution < 1.29 is 14.6 Å². The van der Waals surface area contributed by atoms with Crippen LogP contribution in [0, 0.1) is 0 Å². The largest absolute Gasteiger partial charge is 0.465 e. The maximum atomic E-state index is 11.4. The Morgan fingerprint density at radius 2 is 2.12 bits per heavy atom. The number of nitrogens with one attached hydrogen (secondary N) is 1. The number of ether oxygens (including phenoxy) is 1. The number of aliphatic hydroxyl groups excluding tert-OH is 1. The zero-order chi connectivity index (χ0) is 16.7. The molecule has 1 saturated heterocycles. The molecule has 0 unspecified atom stereocenters. The number of benzene rings is 1. The number of nitrogens with zero attached hydrogens (tertiary/aromatic N) is 2. The van der Waals surface area contributed by atoms with Crippen LogP contribution in [0.25, 0.3) is 0 Å². The first-order valence-corrected chi connectivity index (χ1v) is 8.02. The van der Waals surface area contributed by atoms with E-state index in [1.54, 1.807) is 12.1 Å². The topological polar surface area (TPSA) is 74.2 Å². The lowest BCUT2D eigenvalue weighted by molar-refractivity contribution is 0.0600. The standard InChI is InChI=1S/C17H25N3O3.HI/c1-3-18-17(20-11-9-15(21)12-20)19-10-8-13-4-6-14(7-5-13)16(22)23-2;/h4-7,15,21H,3,8-12H2,1-2H3,(H,18,19);1H/t15-;/m1./s1. The lowest BCUT2D eigenvalue weighted by atomic mass is 10.1. The van der Waals surface area contributed by atoms with Gasteiger partial charge in [0.05, 0.1) is 18.8 Å². The van der Waals surface area contributed by atoms with Gasteiger partial charge in [-0.05, 0) is 37.5 Å². The molecule has 24 heavy (non-hydrogen) atoms. The molecule has 7 heteroatoms. The number of rotatable bonds is 5. The molecule has 0 aliphatic carbocycles. The van der Waals surface area contributed by atoms with Gasteiger partial charge in [-0.3, -0.25) is 4.99 Å². The van der Waals surface area contributed by atoms with E-state index in [0.29, 0.717) is 18.7 Å². The van der Waals surface area contributed by atoms with Crippen LogP contribution in [-0.2, 0) is 11.2 Å². The molecule has 1 heterocycles. The Morgan fingerprint density at radius 3 is 2.67 bits per heavy atom. The molecular formula is C17H26IN3O3. The van der Waals surface area contributed by atoms with Crippen LogP contribution in [0.4, 0.5) is 0 Å². The molecule has 0 bridgehead atoms. The Bertz CT molecular complexity index is 549. The fourth-order valence-corrected chi connectivity index (χ4v) is 2.58. The molecule has 1 atom stereocenters. The zero-order valence-electron chi connectivity index (χ0n) is 14.2. The summed E-state index contributed by atoms with van der Waals surface area (Å²) in [4.78, 5) is 18.1. The highest BCUT2D eigenvalue weighted by Gasteiger charge is 2.22. The van der Waals surface area contributed by atoms with Crippen LogP contribution in [0.1, 0.15) is 29.3 Å². The molecule has 2 rings (SSSR count). The van der Waals surface area contributed by atoms with E-state index >= 15 is 0 Å². The van der Waals surface area contributed by atoms with Crippen LogP contribution in [0.3, 0.4) is 0 Å². The van der Waals surface area contributed by atoms with E-state index in [0.717, 1.165) is 37.5 Å². The number of guanidine groups is 1. The van der Waals surface area contributed by atoms with E-state index in [1.165, 1.54) is 7.11 Å². The molecule has 134 valence electrons. The third-order valence-corrected chi connectivity index (χ3v) is 3.83. The third kappa shape index (κ3) is 5.94. The summed E-state index contributed by atoms with van der Waals surface area (Å²) < 4.78 is 4.69. The number of likely N-dealkylation sites (tertiary alicyclic amines) is 1. The van der Waals surface area contributed by atoms with Crippen molar-refractivity contribution in [3.8, 4) is 0 Å². The number of β-amino-alcohol motifs (C(OH)–C–C–N with tert-alkyl or cyclic N) is 1. The molecule has 0 spiro atoms. The molecule has 2 N–H and O–H groups in total. The number of aliphatic hydroxyl groups is 1. The minimum absolute atomic E-state index is 0. The molecule has 1 aromatic rings. The smallest absolute Gasteiger partial charge is 0.337 e. The second-order valence-electron chi connectivity index (χ2n) is 5.56. The normalized spacial score (nSPS) is 17.4. The highest BCUT2D eigenvalue weighted by atomic mass is 127. The Kier molecular flexibility index (Phi) is 9.05. The summed E-state index contributed by atoms with van der Waals surface area (Å²) in [6.07, 6.45) is 1.33. The van der Waals surface area contributed by atoms with Crippen molar-refractivity contribution in [2.45, 2.75) is 25.9 Å². The number of methoxy groups -OCH3 is 1. The molecule has 0 saturated carbocycles. The number of esters is 1. The molecular weight excluding hydrogens is 421 g/mol. The number of carbonyl (C=O) groups excluding carboxylic acids is 1. The Hall–Kier alpha value is -1.35. The minimum Gasteiger partial charge on any atom is -0.465 e. The molecule has 1 aliphatic heterocycles. The summed E-state index contributed by atoms with van der Waals surface area (Å²) >= 11 is 0. The van der Waals surface area contributed by atoms with Gasteiger partial charge in [-0.1, -0.05) is 12.1 Å². The predicted molar refractivity (Wildman–Crippen MR) is 105 cm³/mol. The van der Waals surface area contributed by atoms with Crippen LogP contribution in [0.2, 0.25) is 0 Å². The number of hydrogen-bond acceptors (Lipinski definition) is 4. The molecule has 6 nitrogen and oxygen atoms in total. The summed E-state index contributed by atoms with van der Waals surface area (Å²) in [6.45, 7) is 4.97. The summed E-state index contributed by atoms with van der Waals surface area (Å²) in [5, 5.41) is 12.9. The zero-order valence-corrected chi connectivity index (χ0v) is 16.5. The van der Waals surface area contributed by atoms with Crippen LogP contribution in [0.15, 0.2) is 29.3 Å². The summed E-state index contributed by atoms with van der Waals surface area (Å²) in [6, 6.07) is 7.39. The van der Waals surface area contributed by atoms with Crippen molar-refractivity contribution in [3.63, 3.8) is 0 Å².